The van der Waals surface area contributed by atoms with Crippen molar-refractivity contribution in [3.63, 3.8) is 0 Å². The lowest BCUT2D eigenvalue weighted by atomic mass is 9.81. The molecule has 5 nitrogen and oxygen atoms in total. The van der Waals surface area contributed by atoms with Crippen molar-refractivity contribution in [1.82, 2.24) is 5.32 Å². The Morgan fingerprint density at radius 1 is 1.17 bits per heavy atom. The van der Waals surface area contributed by atoms with Crippen LogP contribution in [0, 0.1) is 11.8 Å². The summed E-state index contributed by atoms with van der Waals surface area (Å²) in [5.41, 5.74) is 0.746. The van der Waals surface area contributed by atoms with E-state index in [4.69, 9.17) is 4.74 Å². The van der Waals surface area contributed by atoms with Gasteiger partial charge in [0.15, 0.2) is 0 Å². The van der Waals surface area contributed by atoms with Crippen LogP contribution in [0.15, 0.2) is 24.3 Å². The monoisotopic (exact) mass is 332 g/mol. The van der Waals surface area contributed by atoms with Crippen LogP contribution in [0.3, 0.4) is 0 Å². The van der Waals surface area contributed by atoms with Gasteiger partial charge in [0.25, 0.3) is 0 Å². The zero-order valence-corrected chi connectivity index (χ0v) is 14.8. The quantitative estimate of drug-likeness (QED) is 0.839. The Labute approximate surface area is 144 Å². The Bertz CT molecular complexity index is 565. The summed E-state index contributed by atoms with van der Waals surface area (Å²) < 4.78 is 5.17. The van der Waals surface area contributed by atoms with Crippen molar-refractivity contribution in [1.29, 1.82) is 0 Å². The molecule has 2 N–H and O–H groups in total. The summed E-state index contributed by atoms with van der Waals surface area (Å²) in [6.45, 7) is 4.08. The van der Waals surface area contributed by atoms with Gasteiger partial charge in [0.1, 0.15) is 5.75 Å². The number of methoxy groups -OCH3 is 1. The molecule has 0 saturated heterocycles. The predicted molar refractivity (Wildman–Crippen MR) is 95.0 cm³/mol. The van der Waals surface area contributed by atoms with Crippen LogP contribution in [-0.2, 0) is 9.59 Å². The Morgan fingerprint density at radius 2 is 1.79 bits per heavy atom. The van der Waals surface area contributed by atoms with Crippen molar-refractivity contribution in [2.75, 3.05) is 12.4 Å². The molecule has 1 aliphatic carbocycles. The SMILES string of the molecule is CCC(C)NC(=O)C1CCC(C(=O)Nc2cccc(OC)c2)CC1. The average molecular weight is 332 g/mol. The van der Waals surface area contributed by atoms with Crippen molar-refractivity contribution in [2.45, 2.75) is 52.0 Å². The first kappa shape index (κ1) is 18.3. The highest BCUT2D eigenvalue weighted by molar-refractivity contribution is 5.93. The molecule has 2 amide bonds. The number of rotatable bonds is 6. The summed E-state index contributed by atoms with van der Waals surface area (Å²) in [7, 11) is 1.60. The van der Waals surface area contributed by atoms with E-state index in [9.17, 15) is 9.59 Å². The second kappa shape index (κ2) is 8.71. The van der Waals surface area contributed by atoms with Crippen LogP contribution in [0.4, 0.5) is 5.69 Å². The molecule has 0 spiro atoms. The van der Waals surface area contributed by atoms with E-state index in [0.29, 0.717) is 0 Å². The molecule has 1 aromatic rings. The molecule has 0 aliphatic heterocycles. The Morgan fingerprint density at radius 3 is 2.38 bits per heavy atom. The summed E-state index contributed by atoms with van der Waals surface area (Å²) in [6, 6.07) is 7.57. The van der Waals surface area contributed by atoms with Crippen LogP contribution in [0.25, 0.3) is 0 Å². The lowest BCUT2D eigenvalue weighted by Gasteiger charge is -2.28. The highest BCUT2D eigenvalue weighted by Gasteiger charge is 2.30. The number of carbonyl (C=O) groups is 2. The van der Waals surface area contributed by atoms with E-state index in [2.05, 4.69) is 17.6 Å². The smallest absolute Gasteiger partial charge is 0.227 e. The van der Waals surface area contributed by atoms with Gasteiger partial charge in [-0.1, -0.05) is 13.0 Å². The van der Waals surface area contributed by atoms with E-state index >= 15 is 0 Å². The van der Waals surface area contributed by atoms with E-state index < -0.39 is 0 Å². The first-order valence-electron chi connectivity index (χ1n) is 8.78. The molecule has 0 aromatic heterocycles. The lowest BCUT2D eigenvalue weighted by Crippen LogP contribution is -2.39. The molecule has 1 atom stereocenters. The van der Waals surface area contributed by atoms with Gasteiger partial charge in [-0.3, -0.25) is 9.59 Å². The first-order valence-corrected chi connectivity index (χ1v) is 8.78. The predicted octanol–water partition coefficient (Wildman–Crippen LogP) is 3.35. The van der Waals surface area contributed by atoms with Gasteiger partial charge in [-0.15, -0.1) is 0 Å². The first-order chi connectivity index (χ1) is 11.5. The maximum Gasteiger partial charge on any atom is 0.227 e. The summed E-state index contributed by atoms with van der Waals surface area (Å²) in [6.07, 6.45) is 4.00. The van der Waals surface area contributed by atoms with Crippen LogP contribution in [0.2, 0.25) is 0 Å². The van der Waals surface area contributed by atoms with Gasteiger partial charge in [0, 0.05) is 29.6 Å². The van der Waals surface area contributed by atoms with Crippen molar-refractivity contribution < 1.29 is 14.3 Å². The van der Waals surface area contributed by atoms with Gasteiger partial charge < -0.3 is 15.4 Å². The fraction of sp³-hybridized carbons (Fsp3) is 0.579. The van der Waals surface area contributed by atoms with Crippen LogP contribution >= 0.6 is 0 Å². The van der Waals surface area contributed by atoms with E-state index in [1.165, 1.54) is 0 Å². The maximum atomic E-state index is 12.4. The van der Waals surface area contributed by atoms with Gasteiger partial charge in [-0.05, 0) is 51.2 Å². The Kier molecular flexibility index (Phi) is 6.64. The topological polar surface area (TPSA) is 67.4 Å². The van der Waals surface area contributed by atoms with Crippen molar-refractivity contribution in [3.05, 3.63) is 24.3 Å². The molecule has 1 fully saturated rings. The molecule has 1 aromatic carbocycles. The van der Waals surface area contributed by atoms with Crippen molar-refractivity contribution in [3.8, 4) is 5.75 Å². The molecule has 0 radical (unpaired) electrons. The van der Waals surface area contributed by atoms with Crippen LogP contribution < -0.4 is 15.4 Å². The maximum absolute atomic E-state index is 12.4. The van der Waals surface area contributed by atoms with Gasteiger partial charge >= 0.3 is 0 Å². The summed E-state index contributed by atoms with van der Waals surface area (Å²) in [5, 5.41) is 5.99. The molecular formula is C19H28N2O3. The molecule has 5 heteroatoms. The van der Waals surface area contributed by atoms with Crippen molar-refractivity contribution in [2.24, 2.45) is 11.8 Å². The van der Waals surface area contributed by atoms with Gasteiger partial charge in [-0.2, -0.15) is 0 Å². The summed E-state index contributed by atoms with van der Waals surface area (Å²) in [5.74, 6) is 0.905. The summed E-state index contributed by atoms with van der Waals surface area (Å²) in [4.78, 5) is 24.6. The number of hydrogen-bond donors (Lipinski definition) is 2. The van der Waals surface area contributed by atoms with Crippen LogP contribution in [0.1, 0.15) is 46.0 Å². The highest BCUT2D eigenvalue weighted by Crippen LogP contribution is 2.30. The zero-order chi connectivity index (χ0) is 17.5. The Hall–Kier alpha value is -2.04. The van der Waals surface area contributed by atoms with Gasteiger partial charge in [0.2, 0.25) is 11.8 Å². The average Bonchev–Trinajstić information content (AvgIpc) is 2.61. The van der Waals surface area contributed by atoms with Gasteiger partial charge in [-0.25, -0.2) is 0 Å². The lowest BCUT2D eigenvalue weighted by molar-refractivity contribution is -0.129. The molecule has 1 aliphatic rings. The standard InChI is InChI=1S/C19H28N2O3/c1-4-13(2)20-18(22)14-8-10-15(11-9-14)19(23)21-16-6-5-7-17(12-16)24-3/h5-7,12-15H,4,8-11H2,1-3H3,(H,20,22)(H,21,23). The molecule has 0 bridgehead atoms. The number of amides is 2. The third kappa shape index (κ3) is 4.98. The summed E-state index contributed by atoms with van der Waals surface area (Å²) >= 11 is 0. The minimum Gasteiger partial charge on any atom is -0.497 e. The molecule has 24 heavy (non-hydrogen) atoms. The third-order valence-corrected chi connectivity index (χ3v) is 4.81. The normalized spacial score (nSPS) is 21.6. The third-order valence-electron chi connectivity index (χ3n) is 4.81. The van der Waals surface area contributed by atoms with E-state index in [1.807, 2.05) is 31.2 Å². The number of ether oxygens (including phenoxy) is 1. The number of carbonyl (C=O) groups excluding carboxylic acids is 2. The molecular weight excluding hydrogens is 304 g/mol. The second-order valence-electron chi connectivity index (χ2n) is 6.59. The fourth-order valence-electron chi connectivity index (χ4n) is 3.03. The minimum atomic E-state index is -0.0242. The highest BCUT2D eigenvalue weighted by atomic mass is 16.5. The largest absolute Gasteiger partial charge is 0.497 e. The molecule has 0 heterocycles. The molecule has 1 unspecified atom stereocenters. The van der Waals surface area contributed by atoms with Crippen LogP contribution in [0.5, 0.6) is 5.75 Å². The molecule has 1 saturated carbocycles. The van der Waals surface area contributed by atoms with E-state index in [1.54, 1.807) is 7.11 Å². The fourth-order valence-corrected chi connectivity index (χ4v) is 3.03. The van der Waals surface area contributed by atoms with Crippen LogP contribution in [-0.4, -0.2) is 25.0 Å². The Balaban J connectivity index is 1.83. The molecule has 132 valence electrons. The molecule has 2 rings (SSSR count). The number of nitrogens with one attached hydrogen (secondary N) is 2. The number of anilines is 1. The van der Waals surface area contributed by atoms with E-state index in [-0.39, 0.29) is 29.7 Å². The van der Waals surface area contributed by atoms with Crippen molar-refractivity contribution >= 4 is 17.5 Å². The number of benzene rings is 1. The van der Waals surface area contributed by atoms with E-state index in [0.717, 1.165) is 43.5 Å². The zero-order valence-electron chi connectivity index (χ0n) is 14.8. The number of hydrogen-bond acceptors (Lipinski definition) is 3. The van der Waals surface area contributed by atoms with Gasteiger partial charge in [0.05, 0.1) is 7.11 Å². The second-order valence-corrected chi connectivity index (χ2v) is 6.59. The minimum absolute atomic E-state index is 0.0242.